The lowest BCUT2D eigenvalue weighted by Gasteiger charge is -2.08. The molecule has 2 heteroatoms. The summed E-state index contributed by atoms with van der Waals surface area (Å²) in [6, 6.07) is 0.424. The topological polar surface area (TPSA) is 12.0 Å². The first-order valence-corrected chi connectivity index (χ1v) is 3.51. The third-order valence-corrected chi connectivity index (χ3v) is 1.34. The Kier molecular flexibility index (Phi) is 3.71. The van der Waals surface area contributed by atoms with Crippen LogP contribution in [-0.4, -0.2) is 6.04 Å². The van der Waals surface area contributed by atoms with Crippen molar-refractivity contribution in [3.63, 3.8) is 0 Å². The highest BCUT2D eigenvalue weighted by Gasteiger charge is 1.94. The first-order chi connectivity index (χ1) is 4.04. The van der Waals surface area contributed by atoms with Gasteiger partial charge in [0.05, 0.1) is 0 Å². The Morgan fingerprint density at radius 3 is 1.89 bits per heavy atom. The predicted octanol–water partition coefficient (Wildman–Crippen LogP) is 2.47. The molecule has 0 saturated carbocycles. The van der Waals surface area contributed by atoms with Gasteiger partial charge in [0.25, 0.3) is 0 Å². The van der Waals surface area contributed by atoms with E-state index in [1.54, 1.807) is 0 Å². The molecule has 0 aromatic carbocycles. The molecule has 0 atom stereocenters. The van der Waals surface area contributed by atoms with Gasteiger partial charge in [-0.3, -0.25) is 0 Å². The minimum Gasteiger partial charge on any atom is -0.374 e. The van der Waals surface area contributed by atoms with Crippen LogP contribution in [0.25, 0.3) is 0 Å². The zero-order valence-corrected chi connectivity index (χ0v) is 7.21. The molecule has 9 heavy (non-hydrogen) atoms. The normalized spacial score (nSPS) is 9.56. The largest absolute Gasteiger partial charge is 0.374 e. The highest BCUT2D eigenvalue weighted by Crippen LogP contribution is 2.04. The summed E-state index contributed by atoms with van der Waals surface area (Å²) in [5, 5.41) is 3.86. The summed E-state index contributed by atoms with van der Waals surface area (Å²) in [5.41, 5.74) is 1.13. The fraction of sp³-hybridized carbons (Fsp3) is 0.714. The minimum absolute atomic E-state index is 0.424. The smallest absolute Gasteiger partial charge is 0.101 e. The molecule has 0 unspecified atom stereocenters. The van der Waals surface area contributed by atoms with E-state index in [4.69, 9.17) is 11.6 Å². The van der Waals surface area contributed by atoms with Crippen LogP contribution in [0.1, 0.15) is 27.7 Å². The Bertz CT molecular complexity index is 112. The molecular weight excluding hydrogens is 134 g/mol. The molecule has 0 rings (SSSR count). The number of nitrogens with one attached hydrogen (secondary N) is 1. The first kappa shape index (κ1) is 8.83. The van der Waals surface area contributed by atoms with Crippen LogP contribution in [0.2, 0.25) is 0 Å². The van der Waals surface area contributed by atoms with Crippen molar-refractivity contribution in [2.45, 2.75) is 33.7 Å². The van der Waals surface area contributed by atoms with Gasteiger partial charge in [0.1, 0.15) is 5.16 Å². The summed E-state index contributed by atoms with van der Waals surface area (Å²) in [7, 11) is 0. The van der Waals surface area contributed by atoms with E-state index in [2.05, 4.69) is 19.2 Å². The highest BCUT2D eigenvalue weighted by molar-refractivity contribution is 6.29. The molecule has 0 heterocycles. The van der Waals surface area contributed by atoms with Crippen molar-refractivity contribution in [3.05, 3.63) is 10.7 Å². The zero-order valence-electron chi connectivity index (χ0n) is 6.46. The van der Waals surface area contributed by atoms with Crippen LogP contribution < -0.4 is 5.32 Å². The quantitative estimate of drug-likeness (QED) is 0.592. The van der Waals surface area contributed by atoms with Crippen molar-refractivity contribution < 1.29 is 0 Å². The Balaban J connectivity index is 3.77. The number of hydrogen-bond acceptors (Lipinski definition) is 1. The minimum atomic E-state index is 0.424. The highest BCUT2D eigenvalue weighted by atomic mass is 35.5. The van der Waals surface area contributed by atoms with Gasteiger partial charge in [-0.05, 0) is 33.3 Å². The van der Waals surface area contributed by atoms with Gasteiger partial charge >= 0.3 is 0 Å². The molecule has 1 N–H and O–H groups in total. The molecule has 0 spiro atoms. The molecule has 0 aliphatic carbocycles. The van der Waals surface area contributed by atoms with E-state index in [1.807, 2.05) is 13.8 Å². The van der Waals surface area contributed by atoms with Crippen LogP contribution in [0.5, 0.6) is 0 Å². The van der Waals surface area contributed by atoms with E-state index in [0.29, 0.717) is 6.04 Å². The standard InChI is InChI=1S/C7H14ClN/c1-5(2)7(8)9-6(3)4/h6,9H,1-4H3. The molecule has 0 amide bonds. The number of rotatable bonds is 2. The second-order valence-electron chi connectivity index (χ2n) is 2.61. The fourth-order valence-electron chi connectivity index (χ4n) is 0.398. The summed E-state index contributed by atoms with van der Waals surface area (Å²) in [6.07, 6.45) is 0. The summed E-state index contributed by atoms with van der Waals surface area (Å²) < 4.78 is 0. The molecule has 0 aromatic rings. The second kappa shape index (κ2) is 3.78. The molecule has 0 saturated heterocycles. The molecule has 0 bridgehead atoms. The van der Waals surface area contributed by atoms with Crippen molar-refractivity contribution >= 4 is 11.6 Å². The molecule has 1 nitrogen and oxygen atoms in total. The van der Waals surface area contributed by atoms with E-state index in [9.17, 15) is 0 Å². The molecule has 0 fully saturated rings. The van der Waals surface area contributed by atoms with Crippen LogP contribution in [0, 0.1) is 0 Å². The van der Waals surface area contributed by atoms with Crippen molar-refractivity contribution in [2.24, 2.45) is 0 Å². The fourth-order valence-corrected chi connectivity index (χ4v) is 0.616. The SMILES string of the molecule is CC(C)=C(Cl)NC(C)C. The van der Waals surface area contributed by atoms with Gasteiger partial charge in [-0.25, -0.2) is 0 Å². The molecule has 0 radical (unpaired) electrons. The van der Waals surface area contributed by atoms with Crippen LogP contribution >= 0.6 is 11.6 Å². The van der Waals surface area contributed by atoms with Crippen LogP contribution in [-0.2, 0) is 0 Å². The Morgan fingerprint density at radius 1 is 1.33 bits per heavy atom. The number of hydrogen-bond donors (Lipinski definition) is 1. The van der Waals surface area contributed by atoms with E-state index < -0.39 is 0 Å². The molecule has 54 valence electrons. The van der Waals surface area contributed by atoms with E-state index in [-0.39, 0.29) is 0 Å². The Morgan fingerprint density at radius 2 is 1.78 bits per heavy atom. The maximum atomic E-state index is 5.78. The summed E-state index contributed by atoms with van der Waals surface area (Å²) in [6.45, 7) is 8.09. The van der Waals surface area contributed by atoms with E-state index in [0.717, 1.165) is 10.7 Å². The number of allylic oxidation sites excluding steroid dienone is 1. The third kappa shape index (κ3) is 4.34. The lowest BCUT2D eigenvalue weighted by atomic mass is 10.3. The van der Waals surface area contributed by atoms with E-state index in [1.165, 1.54) is 0 Å². The lowest BCUT2D eigenvalue weighted by molar-refractivity contribution is 0.688. The van der Waals surface area contributed by atoms with Gasteiger partial charge < -0.3 is 5.32 Å². The maximum Gasteiger partial charge on any atom is 0.101 e. The van der Waals surface area contributed by atoms with E-state index >= 15 is 0 Å². The predicted molar refractivity (Wildman–Crippen MR) is 42.5 cm³/mol. The van der Waals surface area contributed by atoms with Gasteiger partial charge in [-0.2, -0.15) is 0 Å². The van der Waals surface area contributed by atoms with Crippen LogP contribution in [0.15, 0.2) is 10.7 Å². The van der Waals surface area contributed by atoms with Crippen molar-refractivity contribution in [1.82, 2.24) is 5.32 Å². The lowest BCUT2D eigenvalue weighted by Crippen LogP contribution is -2.19. The van der Waals surface area contributed by atoms with Crippen molar-refractivity contribution in [1.29, 1.82) is 0 Å². The molecule has 0 aromatic heterocycles. The van der Waals surface area contributed by atoms with Gasteiger partial charge in [0.15, 0.2) is 0 Å². The summed E-state index contributed by atoms with van der Waals surface area (Å²) in [4.78, 5) is 0. The Labute approximate surface area is 62.1 Å². The van der Waals surface area contributed by atoms with Gasteiger partial charge in [0.2, 0.25) is 0 Å². The molecule has 0 aliphatic heterocycles. The van der Waals surface area contributed by atoms with Crippen molar-refractivity contribution in [2.75, 3.05) is 0 Å². The summed E-state index contributed by atoms with van der Waals surface area (Å²) >= 11 is 5.78. The second-order valence-corrected chi connectivity index (χ2v) is 2.99. The first-order valence-electron chi connectivity index (χ1n) is 3.13. The van der Waals surface area contributed by atoms with Crippen LogP contribution in [0.3, 0.4) is 0 Å². The van der Waals surface area contributed by atoms with Gasteiger partial charge in [0, 0.05) is 6.04 Å². The van der Waals surface area contributed by atoms with Gasteiger partial charge in [-0.1, -0.05) is 11.6 Å². The maximum absolute atomic E-state index is 5.78. The Hall–Kier alpha value is -0.170. The average Bonchev–Trinajstić information content (AvgIpc) is 1.63. The molecule has 0 aliphatic rings. The van der Waals surface area contributed by atoms with Gasteiger partial charge in [-0.15, -0.1) is 0 Å². The summed E-state index contributed by atoms with van der Waals surface area (Å²) in [5.74, 6) is 0. The monoisotopic (exact) mass is 147 g/mol. The zero-order chi connectivity index (χ0) is 7.44. The van der Waals surface area contributed by atoms with Crippen molar-refractivity contribution in [3.8, 4) is 0 Å². The average molecular weight is 148 g/mol. The van der Waals surface area contributed by atoms with Crippen LogP contribution in [0.4, 0.5) is 0 Å². The molecular formula is C7H14ClN. The third-order valence-electron chi connectivity index (χ3n) is 0.854. The number of halogens is 1.